The first-order valence-electron chi connectivity index (χ1n) is 9.10. The van der Waals surface area contributed by atoms with Gasteiger partial charge in [0.25, 0.3) is 0 Å². The van der Waals surface area contributed by atoms with E-state index in [9.17, 15) is 20.1 Å². The van der Waals surface area contributed by atoms with E-state index >= 15 is 0 Å². The van der Waals surface area contributed by atoms with E-state index in [1.807, 2.05) is 19.9 Å². The standard InChI is InChI=1S/C22H24O7/c1-11(2)5-7-13-16(27-3)10-15(24)18-19(25)20(26)21(29-22(13)18)12-6-8-14(23)17(9-12)28-4/h5-6,8-10,20-21,23-24,26H,7H2,1-4H3/t20-,21+/m0/s1. The highest BCUT2D eigenvalue weighted by Gasteiger charge is 2.41. The van der Waals surface area contributed by atoms with Crippen LogP contribution in [0, 0.1) is 0 Å². The number of phenols is 2. The third-order valence-electron chi connectivity index (χ3n) is 4.84. The third kappa shape index (κ3) is 3.73. The van der Waals surface area contributed by atoms with Gasteiger partial charge in [-0.15, -0.1) is 0 Å². The summed E-state index contributed by atoms with van der Waals surface area (Å²) >= 11 is 0. The van der Waals surface area contributed by atoms with Gasteiger partial charge in [0.15, 0.2) is 23.7 Å². The Hall–Kier alpha value is -3.19. The zero-order valence-electron chi connectivity index (χ0n) is 16.7. The zero-order chi connectivity index (χ0) is 21.3. The van der Waals surface area contributed by atoms with Crippen molar-refractivity contribution in [2.45, 2.75) is 32.5 Å². The van der Waals surface area contributed by atoms with Gasteiger partial charge in [0.05, 0.1) is 14.2 Å². The van der Waals surface area contributed by atoms with E-state index in [1.54, 1.807) is 6.07 Å². The van der Waals surface area contributed by atoms with Crippen molar-refractivity contribution >= 4 is 5.78 Å². The number of aliphatic hydroxyl groups excluding tert-OH is 1. The van der Waals surface area contributed by atoms with Crippen LogP contribution in [-0.2, 0) is 6.42 Å². The zero-order valence-corrected chi connectivity index (χ0v) is 16.7. The Balaban J connectivity index is 2.16. The normalized spacial score (nSPS) is 17.9. The number of phenolic OH excluding ortho intramolecular Hbond substituents is 2. The molecule has 3 N–H and O–H groups in total. The lowest BCUT2D eigenvalue weighted by atomic mass is 9.90. The molecule has 0 radical (unpaired) electrons. The van der Waals surface area contributed by atoms with Crippen molar-refractivity contribution in [3.8, 4) is 28.7 Å². The molecule has 154 valence electrons. The second-order valence-electron chi connectivity index (χ2n) is 7.05. The van der Waals surface area contributed by atoms with Gasteiger partial charge in [0.1, 0.15) is 22.8 Å². The lowest BCUT2D eigenvalue weighted by Crippen LogP contribution is -2.36. The van der Waals surface area contributed by atoms with E-state index in [0.717, 1.165) is 5.57 Å². The van der Waals surface area contributed by atoms with Crippen molar-refractivity contribution < 1.29 is 34.3 Å². The van der Waals surface area contributed by atoms with Crippen LogP contribution in [0.15, 0.2) is 35.9 Å². The second kappa shape index (κ2) is 8.05. The SMILES string of the molecule is COc1cc([C@H]2Oc3c(CC=C(C)C)c(OC)cc(O)c3C(=O)[C@@H]2O)ccc1O. The number of allylic oxidation sites excluding steroid dienone is 2. The Morgan fingerprint density at radius 2 is 1.79 bits per heavy atom. The molecule has 2 aromatic rings. The molecule has 29 heavy (non-hydrogen) atoms. The number of fused-ring (bicyclic) bond motifs is 1. The Labute approximate surface area is 168 Å². The molecule has 7 heteroatoms. The van der Waals surface area contributed by atoms with Gasteiger partial charge >= 0.3 is 0 Å². The van der Waals surface area contributed by atoms with Crippen LogP contribution < -0.4 is 14.2 Å². The quantitative estimate of drug-likeness (QED) is 0.661. The molecule has 2 aromatic carbocycles. The molecule has 0 spiro atoms. The van der Waals surface area contributed by atoms with E-state index in [1.165, 1.54) is 32.4 Å². The summed E-state index contributed by atoms with van der Waals surface area (Å²) in [5, 5.41) is 30.8. The molecular formula is C22H24O7. The van der Waals surface area contributed by atoms with Gasteiger partial charge in [0, 0.05) is 11.6 Å². The summed E-state index contributed by atoms with van der Waals surface area (Å²) in [6.07, 6.45) is -0.204. The number of carbonyl (C=O) groups excluding carboxylic acids is 1. The molecule has 2 atom stereocenters. The van der Waals surface area contributed by atoms with E-state index in [4.69, 9.17) is 14.2 Å². The fourth-order valence-electron chi connectivity index (χ4n) is 3.31. The molecule has 0 saturated carbocycles. The van der Waals surface area contributed by atoms with E-state index < -0.39 is 18.0 Å². The van der Waals surface area contributed by atoms with Crippen LogP contribution >= 0.6 is 0 Å². The molecule has 0 amide bonds. The molecule has 0 saturated heterocycles. The van der Waals surface area contributed by atoms with E-state index in [2.05, 4.69) is 0 Å². The number of carbonyl (C=O) groups is 1. The Morgan fingerprint density at radius 1 is 1.10 bits per heavy atom. The number of rotatable bonds is 5. The highest BCUT2D eigenvalue weighted by molar-refractivity contribution is 6.06. The van der Waals surface area contributed by atoms with Crippen LogP contribution in [0.4, 0.5) is 0 Å². The van der Waals surface area contributed by atoms with Gasteiger partial charge in [-0.3, -0.25) is 4.79 Å². The lowest BCUT2D eigenvalue weighted by molar-refractivity contribution is 0.0205. The average molecular weight is 400 g/mol. The van der Waals surface area contributed by atoms with Crippen molar-refractivity contribution in [2.75, 3.05) is 14.2 Å². The largest absolute Gasteiger partial charge is 0.507 e. The minimum Gasteiger partial charge on any atom is -0.507 e. The first-order chi connectivity index (χ1) is 13.8. The highest BCUT2D eigenvalue weighted by Crippen LogP contribution is 2.46. The van der Waals surface area contributed by atoms with Crippen LogP contribution in [0.25, 0.3) is 0 Å². The summed E-state index contributed by atoms with van der Waals surface area (Å²) in [6.45, 7) is 3.89. The second-order valence-corrected chi connectivity index (χ2v) is 7.05. The van der Waals surface area contributed by atoms with E-state index in [-0.39, 0.29) is 28.6 Å². The van der Waals surface area contributed by atoms with Gasteiger partial charge in [-0.1, -0.05) is 17.7 Å². The van der Waals surface area contributed by atoms with Gasteiger partial charge in [-0.25, -0.2) is 0 Å². The number of aliphatic hydroxyl groups is 1. The first kappa shape index (κ1) is 20.5. The summed E-state index contributed by atoms with van der Waals surface area (Å²) in [6, 6.07) is 5.79. The average Bonchev–Trinajstić information content (AvgIpc) is 2.69. The number of hydrogen-bond acceptors (Lipinski definition) is 7. The monoisotopic (exact) mass is 400 g/mol. The molecular weight excluding hydrogens is 376 g/mol. The summed E-state index contributed by atoms with van der Waals surface area (Å²) in [5.74, 6) is -0.297. The third-order valence-corrected chi connectivity index (χ3v) is 4.84. The molecule has 0 aromatic heterocycles. The van der Waals surface area contributed by atoms with Gasteiger partial charge < -0.3 is 29.5 Å². The first-order valence-corrected chi connectivity index (χ1v) is 9.10. The Kier molecular flexibility index (Phi) is 5.70. The lowest BCUT2D eigenvalue weighted by Gasteiger charge is -2.32. The van der Waals surface area contributed by atoms with Crippen LogP contribution in [0.5, 0.6) is 28.7 Å². The number of methoxy groups -OCH3 is 2. The van der Waals surface area contributed by atoms with Crippen LogP contribution in [0.2, 0.25) is 0 Å². The molecule has 0 unspecified atom stereocenters. The highest BCUT2D eigenvalue weighted by atomic mass is 16.5. The number of ketones is 1. The fourth-order valence-corrected chi connectivity index (χ4v) is 3.31. The topological polar surface area (TPSA) is 105 Å². The summed E-state index contributed by atoms with van der Waals surface area (Å²) < 4.78 is 16.5. The molecule has 0 fully saturated rings. The van der Waals surface area contributed by atoms with Gasteiger partial charge in [-0.2, -0.15) is 0 Å². The predicted octanol–water partition coefficient (Wildman–Crippen LogP) is 3.30. The summed E-state index contributed by atoms with van der Waals surface area (Å²) in [4.78, 5) is 12.9. The predicted molar refractivity (Wildman–Crippen MR) is 106 cm³/mol. The van der Waals surface area contributed by atoms with Crippen LogP contribution in [0.1, 0.15) is 41.4 Å². The molecule has 1 aliphatic rings. The van der Waals surface area contributed by atoms with Crippen molar-refractivity contribution in [3.63, 3.8) is 0 Å². The molecule has 0 bridgehead atoms. The number of aromatic hydroxyl groups is 2. The maximum absolute atomic E-state index is 12.9. The van der Waals surface area contributed by atoms with Crippen LogP contribution in [-0.4, -0.2) is 41.4 Å². The smallest absolute Gasteiger partial charge is 0.202 e. The molecule has 1 aliphatic heterocycles. The number of benzene rings is 2. The minimum absolute atomic E-state index is 0.0718. The van der Waals surface area contributed by atoms with Crippen LogP contribution in [0.3, 0.4) is 0 Å². The minimum atomic E-state index is -1.53. The van der Waals surface area contributed by atoms with Gasteiger partial charge in [0.2, 0.25) is 5.78 Å². The molecule has 3 rings (SSSR count). The fraction of sp³-hybridized carbons (Fsp3) is 0.318. The van der Waals surface area contributed by atoms with Crippen molar-refractivity contribution in [1.29, 1.82) is 0 Å². The van der Waals surface area contributed by atoms with Gasteiger partial charge in [-0.05, 0) is 38.0 Å². The number of Topliss-reactive ketones (excluding diaryl/α,β-unsaturated/α-hetero) is 1. The van der Waals surface area contributed by atoms with Crippen molar-refractivity contribution in [1.82, 2.24) is 0 Å². The maximum Gasteiger partial charge on any atom is 0.202 e. The molecule has 1 heterocycles. The molecule has 7 nitrogen and oxygen atoms in total. The number of ether oxygens (including phenoxy) is 3. The maximum atomic E-state index is 12.9. The van der Waals surface area contributed by atoms with Crippen molar-refractivity contribution in [2.24, 2.45) is 0 Å². The molecule has 0 aliphatic carbocycles. The van der Waals surface area contributed by atoms with Crippen molar-refractivity contribution in [3.05, 3.63) is 52.6 Å². The summed E-state index contributed by atoms with van der Waals surface area (Å²) in [5.41, 5.74) is 2.03. The summed E-state index contributed by atoms with van der Waals surface area (Å²) in [7, 11) is 2.87. The number of hydrogen-bond donors (Lipinski definition) is 3. The Morgan fingerprint density at radius 3 is 2.41 bits per heavy atom. The Bertz CT molecular complexity index is 974. The van der Waals surface area contributed by atoms with E-state index in [0.29, 0.717) is 23.3 Å².